The van der Waals surface area contributed by atoms with Crippen molar-refractivity contribution in [2.24, 2.45) is 0 Å². The van der Waals surface area contributed by atoms with Crippen molar-refractivity contribution in [3.05, 3.63) is 41.5 Å². The van der Waals surface area contributed by atoms with E-state index in [1.165, 1.54) is 14.0 Å². The summed E-state index contributed by atoms with van der Waals surface area (Å²) < 4.78 is 9.51. The number of allylic oxidation sites excluding steroid dienone is 1. The molecule has 0 aliphatic rings. The second kappa shape index (κ2) is 8.15. The van der Waals surface area contributed by atoms with E-state index in [1.807, 2.05) is 37.3 Å². The number of esters is 2. The van der Waals surface area contributed by atoms with Gasteiger partial charge in [0.25, 0.3) is 0 Å². The van der Waals surface area contributed by atoms with E-state index in [1.54, 1.807) is 0 Å². The summed E-state index contributed by atoms with van der Waals surface area (Å²) in [6.07, 6.45) is 2.88. The summed E-state index contributed by atoms with van der Waals surface area (Å²) in [5.41, 5.74) is 3.17. The number of hydrogen-bond donors (Lipinski definition) is 0. The zero-order valence-electron chi connectivity index (χ0n) is 12.1. The predicted octanol–water partition coefficient (Wildman–Crippen LogP) is 2.76. The first-order valence-electron chi connectivity index (χ1n) is 6.49. The van der Waals surface area contributed by atoms with E-state index in [-0.39, 0.29) is 18.5 Å². The number of benzene rings is 1. The fourth-order valence-corrected chi connectivity index (χ4v) is 1.72. The van der Waals surface area contributed by atoms with Crippen molar-refractivity contribution in [1.29, 1.82) is 0 Å². The van der Waals surface area contributed by atoms with Crippen LogP contribution in [0.25, 0.3) is 5.57 Å². The predicted molar refractivity (Wildman–Crippen MR) is 77.1 cm³/mol. The normalized spacial score (nSPS) is 11.1. The van der Waals surface area contributed by atoms with Crippen LogP contribution in [0, 0.1) is 0 Å². The van der Waals surface area contributed by atoms with Crippen LogP contribution in [0.5, 0.6) is 0 Å². The first-order chi connectivity index (χ1) is 9.52. The van der Waals surface area contributed by atoms with E-state index in [9.17, 15) is 9.59 Å². The average Bonchev–Trinajstić information content (AvgIpc) is 2.44. The Morgan fingerprint density at radius 1 is 1.25 bits per heavy atom. The molecule has 0 saturated heterocycles. The molecule has 0 N–H and O–H groups in total. The summed E-state index contributed by atoms with van der Waals surface area (Å²) in [7, 11) is 1.39. The molecule has 20 heavy (non-hydrogen) atoms. The highest BCUT2D eigenvalue weighted by molar-refractivity contribution is 5.70. The lowest BCUT2D eigenvalue weighted by Gasteiger charge is -2.06. The lowest BCUT2D eigenvalue weighted by Crippen LogP contribution is -2.02. The van der Waals surface area contributed by atoms with Crippen LogP contribution in [0.4, 0.5) is 0 Å². The number of ether oxygens (including phenoxy) is 2. The maximum atomic E-state index is 11.1. The van der Waals surface area contributed by atoms with Crippen molar-refractivity contribution in [2.45, 2.75) is 26.7 Å². The first kappa shape index (κ1) is 16.0. The van der Waals surface area contributed by atoms with Gasteiger partial charge >= 0.3 is 11.9 Å². The Morgan fingerprint density at radius 2 is 2.00 bits per heavy atom. The molecule has 4 nitrogen and oxygen atoms in total. The number of aryl methyl sites for hydroxylation is 1. The Morgan fingerprint density at radius 3 is 2.65 bits per heavy atom. The maximum Gasteiger partial charge on any atom is 0.305 e. The highest BCUT2D eigenvalue weighted by Crippen LogP contribution is 2.16. The molecule has 0 spiro atoms. The van der Waals surface area contributed by atoms with Gasteiger partial charge in [0.05, 0.1) is 7.11 Å². The first-order valence-corrected chi connectivity index (χ1v) is 6.49. The summed E-state index contributed by atoms with van der Waals surface area (Å²) in [6.45, 7) is 3.62. The van der Waals surface area contributed by atoms with Crippen molar-refractivity contribution in [3.8, 4) is 0 Å². The minimum atomic E-state index is -0.291. The van der Waals surface area contributed by atoms with Crippen LogP contribution in [0.15, 0.2) is 30.3 Å². The molecule has 0 bridgehead atoms. The largest absolute Gasteiger partial charge is 0.469 e. The highest BCUT2D eigenvalue weighted by atomic mass is 16.5. The molecular weight excluding hydrogens is 256 g/mol. The quantitative estimate of drug-likeness (QED) is 0.750. The topological polar surface area (TPSA) is 52.6 Å². The zero-order chi connectivity index (χ0) is 15.0. The minimum Gasteiger partial charge on any atom is -0.469 e. The van der Waals surface area contributed by atoms with Gasteiger partial charge < -0.3 is 9.47 Å². The Bertz CT molecular complexity index is 503. The van der Waals surface area contributed by atoms with E-state index in [2.05, 4.69) is 4.74 Å². The third-order valence-corrected chi connectivity index (χ3v) is 2.90. The molecule has 0 fully saturated rings. The summed E-state index contributed by atoms with van der Waals surface area (Å²) >= 11 is 0. The van der Waals surface area contributed by atoms with Gasteiger partial charge in [-0.3, -0.25) is 9.59 Å². The lowest BCUT2D eigenvalue weighted by molar-refractivity contribution is -0.141. The van der Waals surface area contributed by atoms with Gasteiger partial charge in [0.1, 0.15) is 6.61 Å². The Labute approximate surface area is 119 Å². The third-order valence-electron chi connectivity index (χ3n) is 2.90. The van der Waals surface area contributed by atoms with E-state index < -0.39 is 0 Å². The Balaban J connectivity index is 2.66. The summed E-state index contributed by atoms with van der Waals surface area (Å²) in [5, 5.41) is 0. The smallest absolute Gasteiger partial charge is 0.305 e. The minimum absolute atomic E-state index is 0.211. The second-order valence-corrected chi connectivity index (χ2v) is 4.47. The molecule has 0 aliphatic carbocycles. The van der Waals surface area contributed by atoms with Crippen LogP contribution in [0.3, 0.4) is 0 Å². The van der Waals surface area contributed by atoms with Gasteiger partial charge in [-0.1, -0.05) is 24.3 Å². The number of methoxy groups -OCH3 is 1. The van der Waals surface area contributed by atoms with Gasteiger partial charge in [0.2, 0.25) is 0 Å². The van der Waals surface area contributed by atoms with Gasteiger partial charge in [0.15, 0.2) is 0 Å². The summed E-state index contributed by atoms with van der Waals surface area (Å²) in [4.78, 5) is 21.8. The van der Waals surface area contributed by atoms with Crippen molar-refractivity contribution in [1.82, 2.24) is 0 Å². The second-order valence-electron chi connectivity index (χ2n) is 4.47. The monoisotopic (exact) mass is 276 g/mol. The molecule has 0 heterocycles. The van der Waals surface area contributed by atoms with Crippen LogP contribution in [0.1, 0.15) is 31.4 Å². The fourth-order valence-electron chi connectivity index (χ4n) is 1.72. The molecule has 0 saturated carbocycles. The van der Waals surface area contributed by atoms with Gasteiger partial charge in [-0.05, 0) is 36.1 Å². The fraction of sp³-hybridized carbons (Fsp3) is 0.375. The van der Waals surface area contributed by atoms with E-state index in [0.717, 1.165) is 16.7 Å². The Hall–Kier alpha value is -2.10. The number of carbonyl (C=O) groups is 2. The Kier molecular flexibility index (Phi) is 6.50. The van der Waals surface area contributed by atoms with E-state index in [4.69, 9.17) is 4.74 Å². The van der Waals surface area contributed by atoms with Crippen LogP contribution >= 0.6 is 0 Å². The van der Waals surface area contributed by atoms with Crippen LogP contribution in [0.2, 0.25) is 0 Å². The van der Waals surface area contributed by atoms with Gasteiger partial charge in [-0.25, -0.2) is 0 Å². The molecular formula is C16H20O4. The van der Waals surface area contributed by atoms with Crippen LogP contribution in [-0.4, -0.2) is 25.7 Å². The average molecular weight is 276 g/mol. The van der Waals surface area contributed by atoms with Crippen LogP contribution < -0.4 is 0 Å². The molecule has 0 amide bonds. The molecule has 1 aromatic carbocycles. The molecule has 0 radical (unpaired) electrons. The van der Waals surface area contributed by atoms with Gasteiger partial charge in [0, 0.05) is 13.3 Å². The molecule has 0 aromatic heterocycles. The number of rotatable bonds is 6. The van der Waals surface area contributed by atoms with Gasteiger partial charge in [-0.2, -0.15) is 0 Å². The lowest BCUT2D eigenvalue weighted by atomic mass is 10.0. The zero-order valence-corrected chi connectivity index (χ0v) is 12.1. The van der Waals surface area contributed by atoms with Crippen molar-refractivity contribution in [2.75, 3.05) is 13.7 Å². The molecule has 1 aromatic rings. The number of carbonyl (C=O) groups excluding carboxylic acids is 2. The molecule has 4 heteroatoms. The molecule has 0 atom stereocenters. The summed E-state index contributed by atoms with van der Waals surface area (Å²) in [5.74, 6) is -0.501. The van der Waals surface area contributed by atoms with Gasteiger partial charge in [-0.15, -0.1) is 0 Å². The molecule has 0 unspecified atom stereocenters. The SMILES string of the molecule is COC(=O)CCc1cccc(/C(C)=C/COC(C)=O)c1. The highest BCUT2D eigenvalue weighted by Gasteiger charge is 2.03. The number of hydrogen-bond acceptors (Lipinski definition) is 4. The molecule has 108 valence electrons. The maximum absolute atomic E-state index is 11.1. The molecule has 1 rings (SSSR count). The third kappa shape index (κ3) is 5.69. The van der Waals surface area contributed by atoms with Crippen molar-refractivity contribution >= 4 is 17.5 Å². The van der Waals surface area contributed by atoms with E-state index in [0.29, 0.717) is 12.8 Å². The van der Waals surface area contributed by atoms with Crippen LogP contribution in [-0.2, 0) is 25.5 Å². The molecule has 0 aliphatic heterocycles. The van der Waals surface area contributed by atoms with Crippen molar-refractivity contribution < 1.29 is 19.1 Å². The van der Waals surface area contributed by atoms with E-state index >= 15 is 0 Å². The standard InChI is InChI=1S/C16H20O4/c1-12(9-10-20-13(2)17)15-6-4-5-14(11-15)7-8-16(18)19-3/h4-6,9,11H,7-8,10H2,1-3H3/b12-9+. The van der Waals surface area contributed by atoms with Crippen molar-refractivity contribution in [3.63, 3.8) is 0 Å². The summed E-state index contributed by atoms with van der Waals surface area (Å²) in [6, 6.07) is 7.95.